The highest BCUT2D eigenvalue weighted by atomic mass is 35.5. The molecular weight excluding hydrogens is 208 g/mol. The van der Waals surface area contributed by atoms with E-state index in [4.69, 9.17) is 16.0 Å². The van der Waals surface area contributed by atoms with Crippen LogP contribution >= 0.6 is 11.6 Å². The maximum absolute atomic E-state index is 6.11. The highest BCUT2D eigenvalue weighted by Gasteiger charge is 2.45. The molecule has 1 nitrogen and oxygen atoms in total. The molecule has 2 heteroatoms. The monoisotopic (exact) mass is 220 g/mol. The van der Waals surface area contributed by atoms with E-state index < -0.39 is 0 Å². The molecule has 3 rings (SSSR count). The Morgan fingerprint density at radius 2 is 2.20 bits per heavy atom. The lowest BCUT2D eigenvalue weighted by Gasteiger charge is -2.29. The van der Waals surface area contributed by atoms with Gasteiger partial charge in [0, 0.05) is 21.9 Å². The van der Waals surface area contributed by atoms with Crippen molar-refractivity contribution in [3.8, 4) is 0 Å². The van der Waals surface area contributed by atoms with Crippen LogP contribution in [0.2, 0.25) is 0 Å². The summed E-state index contributed by atoms with van der Waals surface area (Å²) < 4.78 is 5.58. The van der Waals surface area contributed by atoms with E-state index >= 15 is 0 Å². The zero-order chi connectivity index (χ0) is 10.6. The Hall–Kier alpha value is -0.950. The molecule has 0 amide bonds. The molecule has 0 N–H and O–H groups in total. The first-order valence-corrected chi connectivity index (χ1v) is 5.63. The molecule has 0 saturated carbocycles. The van der Waals surface area contributed by atoms with Crippen molar-refractivity contribution in [3.05, 3.63) is 40.8 Å². The maximum atomic E-state index is 6.11. The van der Waals surface area contributed by atoms with Crippen molar-refractivity contribution < 1.29 is 4.42 Å². The Labute approximate surface area is 94.4 Å². The Morgan fingerprint density at radius 3 is 3.00 bits per heavy atom. The predicted molar refractivity (Wildman–Crippen MR) is 61.8 cm³/mol. The largest absolute Gasteiger partial charge is 0.464 e. The van der Waals surface area contributed by atoms with Gasteiger partial charge in [-0.25, -0.2) is 0 Å². The van der Waals surface area contributed by atoms with Crippen LogP contribution in [0.4, 0.5) is 0 Å². The van der Waals surface area contributed by atoms with Crippen molar-refractivity contribution in [3.63, 3.8) is 0 Å². The van der Waals surface area contributed by atoms with Gasteiger partial charge in [0.25, 0.3) is 0 Å². The summed E-state index contributed by atoms with van der Waals surface area (Å²) in [6.07, 6.45) is 6.81. The van der Waals surface area contributed by atoms with Crippen molar-refractivity contribution >= 4 is 17.2 Å². The van der Waals surface area contributed by atoms with Crippen LogP contribution in [0.15, 0.2) is 33.9 Å². The van der Waals surface area contributed by atoms with E-state index in [1.54, 1.807) is 6.26 Å². The Kier molecular flexibility index (Phi) is 1.73. The first-order valence-electron chi connectivity index (χ1n) is 5.25. The van der Waals surface area contributed by atoms with Gasteiger partial charge in [-0.3, -0.25) is 0 Å². The summed E-state index contributed by atoms with van der Waals surface area (Å²) in [5.41, 5.74) is 2.77. The number of hydrogen-bond acceptors (Lipinski definition) is 1. The lowest BCUT2D eigenvalue weighted by atomic mass is 9.75. The van der Waals surface area contributed by atoms with Crippen molar-refractivity contribution in [2.45, 2.75) is 25.7 Å². The molecule has 78 valence electrons. The van der Waals surface area contributed by atoms with Gasteiger partial charge in [0.2, 0.25) is 0 Å². The minimum absolute atomic E-state index is 0.141. The van der Waals surface area contributed by atoms with Gasteiger partial charge >= 0.3 is 0 Å². The SMILES string of the molecule is CC1(C)c2ccoc2C2=CC=C(Cl)CC21. The number of fused-ring (bicyclic) bond motifs is 3. The lowest BCUT2D eigenvalue weighted by Crippen LogP contribution is -2.24. The summed E-state index contributed by atoms with van der Waals surface area (Å²) in [5.74, 6) is 1.54. The lowest BCUT2D eigenvalue weighted by molar-refractivity contribution is 0.412. The summed E-state index contributed by atoms with van der Waals surface area (Å²) in [7, 11) is 0. The molecule has 0 saturated heterocycles. The molecule has 15 heavy (non-hydrogen) atoms. The Bertz CT molecular complexity index is 476. The molecule has 0 bridgehead atoms. The van der Waals surface area contributed by atoms with Crippen LogP contribution in [0.3, 0.4) is 0 Å². The van der Waals surface area contributed by atoms with E-state index in [2.05, 4.69) is 26.0 Å². The molecule has 1 aromatic heterocycles. The van der Waals surface area contributed by atoms with Crippen molar-refractivity contribution in [2.75, 3.05) is 0 Å². The molecule has 0 aliphatic heterocycles. The molecule has 1 unspecified atom stereocenters. The number of allylic oxidation sites excluding steroid dienone is 4. The van der Waals surface area contributed by atoms with E-state index in [1.165, 1.54) is 11.1 Å². The quantitative estimate of drug-likeness (QED) is 0.642. The average molecular weight is 221 g/mol. The predicted octanol–water partition coefficient (Wildman–Crippen LogP) is 4.10. The summed E-state index contributed by atoms with van der Waals surface area (Å²) in [6.45, 7) is 4.53. The third-order valence-electron chi connectivity index (χ3n) is 3.71. The molecule has 0 fully saturated rings. The second kappa shape index (κ2) is 2.79. The second-order valence-electron chi connectivity index (χ2n) is 4.88. The fourth-order valence-corrected chi connectivity index (χ4v) is 2.99. The molecule has 1 atom stereocenters. The van der Waals surface area contributed by atoms with Crippen LogP contribution in [0.25, 0.3) is 5.57 Å². The average Bonchev–Trinajstić information content (AvgIpc) is 2.72. The summed E-state index contributed by atoms with van der Waals surface area (Å²) in [4.78, 5) is 0. The van der Waals surface area contributed by atoms with Gasteiger partial charge in [-0.1, -0.05) is 31.5 Å². The van der Waals surface area contributed by atoms with Gasteiger partial charge in [-0.05, 0) is 24.1 Å². The minimum Gasteiger partial charge on any atom is -0.464 e. The number of halogens is 1. The zero-order valence-electron chi connectivity index (χ0n) is 8.88. The Morgan fingerprint density at radius 1 is 1.40 bits per heavy atom. The molecule has 0 spiro atoms. The van der Waals surface area contributed by atoms with Gasteiger partial charge in [0.1, 0.15) is 5.76 Å². The number of rotatable bonds is 0. The van der Waals surface area contributed by atoms with Crippen LogP contribution in [0.1, 0.15) is 31.6 Å². The summed E-state index contributed by atoms with van der Waals surface area (Å²) >= 11 is 6.11. The first kappa shape index (κ1) is 9.29. The van der Waals surface area contributed by atoms with Crippen LogP contribution in [-0.2, 0) is 5.41 Å². The molecule has 2 aliphatic carbocycles. The van der Waals surface area contributed by atoms with Gasteiger partial charge in [0.05, 0.1) is 6.26 Å². The Balaban J connectivity index is 2.22. The summed E-state index contributed by atoms with van der Waals surface area (Å²) in [6, 6.07) is 2.09. The number of furan rings is 1. The second-order valence-corrected chi connectivity index (χ2v) is 5.36. The smallest absolute Gasteiger partial charge is 0.133 e. The number of hydrogen-bond donors (Lipinski definition) is 0. The minimum atomic E-state index is 0.141. The highest BCUT2D eigenvalue weighted by Crippen LogP contribution is 2.54. The van der Waals surface area contributed by atoms with E-state index in [-0.39, 0.29) is 5.41 Å². The van der Waals surface area contributed by atoms with Crippen molar-refractivity contribution in [1.29, 1.82) is 0 Å². The highest BCUT2D eigenvalue weighted by molar-refractivity contribution is 6.30. The van der Waals surface area contributed by atoms with Crippen molar-refractivity contribution in [1.82, 2.24) is 0 Å². The van der Waals surface area contributed by atoms with Gasteiger partial charge < -0.3 is 4.42 Å². The normalized spacial score (nSPS) is 26.7. The van der Waals surface area contributed by atoms with E-state index in [1.807, 2.05) is 6.08 Å². The van der Waals surface area contributed by atoms with E-state index in [0.717, 1.165) is 17.2 Å². The fraction of sp³-hybridized carbons (Fsp3) is 0.385. The molecule has 1 aromatic rings. The van der Waals surface area contributed by atoms with Crippen LogP contribution in [0.5, 0.6) is 0 Å². The van der Waals surface area contributed by atoms with Gasteiger partial charge in [0.15, 0.2) is 0 Å². The molecule has 2 aliphatic rings. The zero-order valence-corrected chi connectivity index (χ0v) is 9.64. The topological polar surface area (TPSA) is 13.1 Å². The first-order chi connectivity index (χ1) is 7.10. The summed E-state index contributed by atoms with van der Waals surface area (Å²) in [5, 5.41) is 0.946. The third-order valence-corrected chi connectivity index (χ3v) is 3.99. The van der Waals surface area contributed by atoms with E-state index in [9.17, 15) is 0 Å². The maximum Gasteiger partial charge on any atom is 0.133 e. The van der Waals surface area contributed by atoms with E-state index in [0.29, 0.717) is 5.92 Å². The van der Waals surface area contributed by atoms with Crippen LogP contribution in [-0.4, -0.2) is 0 Å². The van der Waals surface area contributed by atoms with Crippen LogP contribution in [0, 0.1) is 5.92 Å². The van der Waals surface area contributed by atoms with Gasteiger partial charge in [-0.15, -0.1) is 0 Å². The molecule has 1 heterocycles. The van der Waals surface area contributed by atoms with Crippen molar-refractivity contribution in [2.24, 2.45) is 5.92 Å². The van der Waals surface area contributed by atoms with Crippen LogP contribution < -0.4 is 0 Å². The molecule has 0 aromatic carbocycles. The van der Waals surface area contributed by atoms with Gasteiger partial charge in [-0.2, -0.15) is 0 Å². The fourth-order valence-electron chi connectivity index (χ4n) is 2.78. The molecule has 0 radical (unpaired) electrons. The standard InChI is InChI=1S/C13H13ClO/c1-13(2)10-5-6-15-12(10)9-4-3-8(14)7-11(9)13/h3-6,11H,7H2,1-2H3. The molecular formula is C13H13ClO. The third kappa shape index (κ3) is 1.10.